The van der Waals surface area contributed by atoms with E-state index in [0.29, 0.717) is 39.7 Å². The highest BCUT2D eigenvalue weighted by molar-refractivity contribution is 5.82. The smallest absolute Gasteiger partial charge is 0.347 e. The Morgan fingerprint density at radius 1 is 0.759 bits per heavy atom. The topological polar surface area (TPSA) is 89.3 Å². The lowest BCUT2D eigenvalue weighted by Crippen LogP contribution is -2.04. The molecule has 3 rings (SSSR count). The molecule has 0 aliphatic carbocycles. The first kappa shape index (κ1) is 20.1. The first-order chi connectivity index (χ1) is 14.0. The van der Waals surface area contributed by atoms with Crippen LogP contribution in [0.3, 0.4) is 0 Å². The molecule has 0 atom stereocenters. The molecule has 29 heavy (non-hydrogen) atoms. The van der Waals surface area contributed by atoms with E-state index in [1.54, 1.807) is 36.4 Å². The van der Waals surface area contributed by atoms with Crippen molar-refractivity contribution in [1.29, 1.82) is 0 Å². The predicted molar refractivity (Wildman–Crippen MR) is 108 cm³/mol. The van der Waals surface area contributed by atoms with Crippen LogP contribution in [0.25, 0.3) is 23.1 Å². The Kier molecular flexibility index (Phi) is 5.92. The van der Waals surface area contributed by atoms with Gasteiger partial charge in [0.1, 0.15) is 0 Å². The SMILES string of the molecule is COc1cc2nc(C=Cc3cc(OC)c(OC)c(OC)c3)oc(=O)c2cc1OC. The van der Waals surface area contributed by atoms with Gasteiger partial charge in [-0.15, -0.1) is 0 Å². The van der Waals surface area contributed by atoms with E-state index in [1.165, 1.54) is 35.5 Å². The number of methoxy groups -OCH3 is 5. The summed E-state index contributed by atoms with van der Waals surface area (Å²) >= 11 is 0. The second-order valence-electron chi connectivity index (χ2n) is 5.86. The number of ether oxygens (including phenoxy) is 5. The van der Waals surface area contributed by atoms with Gasteiger partial charge in [0.05, 0.1) is 46.5 Å². The molecule has 0 radical (unpaired) electrons. The van der Waals surface area contributed by atoms with Crippen molar-refractivity contribution in [1.82, 2.24) is 4.98 Å². The summed E-state index contributed by atoms with van der Waals surface area (Å²) in [6, 6.07) is 6.71. The standard InChI is InChI=1S/C21H21NO7/c1-24-15-10-13-14(11-16(15)25-2)22-19(29-21(13)23)7-6-12-8-17(26-3)20(28-5)18(9-12)27-4/h6-11H,1-5H3. The maximum absolute atomic E-state index is 12.4. The van der Waals surface area contributed by atoms with Crippen LogP contribution in [0.1, 0.15) is 11.5 Å². The second kappa shape index (κ2) is 8.55. The summed E-state index contributed by atoms with van der Waals surface area (Å²) in [5.74, 6) is 2.55. The van der Waals surface area contributed by atoms with Crippen molar-refractivity contribution < 1.29 is 28.1 Å². The molecule has 0 saturated heterocycles. The van der Waals surface area contributed by atoms with Crippen LogP contribution < -0.4 is 29.3 Å². The molecule has 0 amide bonds. The van der Waals surface area contributed by atoms with Crippen LogP contribution in [0.5, 0.6) is 28.7 Å². The molecular formula is C21H21NO7. The molecule has 8 nitrogen and oxygen atoms in total. The fourth-order valence-corrected chi connectivity index (χ4v) is 2.85. The first-order valence-electron chi connectivity index (χ1n) is 8.59. The molecule has 0 spiro atoms. The van der Waals surface area contributed by atoms with Crippen LogP contribution in [0, 0.1) is 0 Å². The van der Waals surface area contributed by atoms with E-state index in [1.807, 2.05) is 0 Å². The third-order valence-corrected chi connectivity index (χ3v) is 4.26. The van der Waals surface area contributed by atoms with Crippen LogP contribution in [-0.4, -0.2) is 40.5 Å². The zero-order valence-electron chi connectivity index (χ0n) is 16.8. The predicted octanol–water partition coefficient (Wildman–Crippen LogP) is 3.40. The molecule has 0 N–H and O–H groups in total. The van der Waals surface area contributed by atoms with Crippen LogP contribution in [0.4, 0.5) is 0 Å². The normalized spacial score (nSPS) is 10.9. The van der Waals surface area contributed by atoms with Gasteiger partial charge in [-0.1, -0.05) is 0 Å². The Balaban J connectivity index is 2.04. The van der Waals surface area contributed by atoms with Gasteiger partial charge in [-0.3, -0.25) is 0 Å². The van der Waals surface area contributed by atoms with E-state index in [4.69, 9.17) is 28.1 Å². The third kappa shape index (κ3) is 3.96. The van der Waals surface area contributed by atoms with Crippen LogP contribution >= 0.6 is 0 Å². The molecule has 0 fully saturated rings. The molecule has 1 aromatic heterocycles. The van der Waals surface area contributed by atoms with Crippen molar-refractivity contribution in [3.63, 3.8) is 0 Å². The molecule has 0 aliphatic heterocycles. The summed E-state index contributed by atoms with van der Waals surface area (Å²) in [6.45, 7) is 0. The summed E-state index contributed by atoms with van der Waals surface area (Å²) in [4.78, 5) is 16.7. The largest absolute Gasteiger partial charge is 0.493 e. The van der Waals surface area contributed by atoms with Crippen LogP contribution in [0.2, 0.25) is 0 Å². The summed E-state index contributed by atoms with van der Waals surface area (Å²) < 4.78 is 31.8. The molecule has 0 saturated carbocycles. The molecule has 0 bridgehead atoms. The van der Waals surface area contributed by atoms with Crippen molar-refractivity contribution in [2.75, 3.05) is 35.5 Å². The van der Waals surface area contributed by atoms with Crippen molar-refractivity contribution in [2.24, 2.45) is 0 Å². The van der Waals surface area contributed by atoms with Gasteiger partial charge in [0.15, 0.2) is 23.0 Å². The molecule has 2 aromatic carbocycles. The summed E-state index contributed by atoms with van der Waals surface area (Å²) in [5.41, 5.74) is 0.653. The molecule has 0 aliphatic rings. The lowest BCUT2D eigenvalue weighted by molar-refractivity contribution is 0.324. The van der Waals surface area contributed by atoms with Gasteiger partial charge in [0, 0.05) is 18.2 Å². The van der Waals surface area contributed by atoms with E-state index in [9.17, 15) is 4.79 Å². The zero-order valence-corrected chi connectivity index (χ0v) is 16.8. The number of hydrogen-bond donors (Lipinski definition) is 0. The number of hydrogen-bond acceptors (Lipinski definition) is 8. The maximum atomic E-state index is 12.4. The Bertz CT molecular complexity index is 1090. The van der Waals surface area contributed by atoms with E-state index in [2.05, 4.69) is 4.98 Å². The Morgan fingerprint density at radius 2 is 1.34 bits per heavy atom. The quantitative estimate of drug-likeness (QED) is 0.597. The van der Waals surface area contributed by atoms with E-state index in [-0.39, 0.29) is 5.89 Å². The molecule has 3 aromatic rings. The molecule has 0 unspecified atom stereocenters. The van der Waals surface area contributed by atoms with Crippen molar-refractivity contribution in [3.05, 3.63) is 46.1 Å². The minimum Gasteiger partial charge on any atom is -0.493 e. The van der Waals surface area contributed by atoms with Gasteiger partial charge >= 0.3 is 5.63 Å². The highest BCUT2D eigenvalue weighted by Gasteiger charge is 2.13. The fourth-order valence-electron chi connectivity index (χ4n) is 2.85. The lowest BCUT2D eigenvalue weighted by Gasteiger charge is -2.12. The van der Waals surface area contributed by atoms with Gasteiger partial charge < -0.3 is 28.1 Å². The van der Waals surface area contributed by atoms with Gasteiger partial charge in [-0.25, -0.2) is 9.78 Å². The fraction of sp³-hybridized carbons (Fsp3) is 0.238. The van der Waals surface area contributed by atoms with E-state index < -0.39 is 5.63 Å². The zero-order chi connectivity index (χ0) is 21.0. The van der Waals surface area contributed by atoms with Gasteiger partial charge in [-0.05, 0) is 23.8 Å². The monoisotopic (exact) mass is 399 g/mol. The van der Waals surface area contributed by atoms with E-state index in [0.717, 1.165) is 5.56 Å². The minimum absolute atomic E-state index is 0.142. The molecule has 1 heterocycles. The van der Waals surface area contributed by atoms with Gasteiger partial charge in [0.25, 0.3) is 0 Å². The summed E-state index contributed by atoms with van der Waals surface area (Å²) in [7, 11) is 7.62. The highest BCUT2D eigenvalue weighted by Crippen LogP contribution is 2.38. The van der Waals surface area contributed by atoms with Crippen molar-refractivity contribution in [3.8, 4) is 28.7 Å². The summed E-state index contributed by atoms with van der Waals surface area (Å²) in [5, 5.41) is 0.299. The highest BCUT2D eigenvalue weighted by atomic mass is 16.5. The Labute approximate surface area is 167 Å². The number of nitrogens with zero attached hydrogens (tertiary/aromatic N) is 1. The van der Waals surface area contributed by atoms with Crippen LogP contribution in [0.15, 0.2) is 33.5 Å². The Morgan fingerprint density at radius 3 is 1.90 bits per heavy atom. The van der Waals surface area contributed by atoms with Gasteiger partial charge in [-0.2, -0.15) is 0 Å². The average molecular weight is 399 g/mol. The lowest BCUT2D eigenvalue weighted by atomic mass is 10.1. The minimum atomic E-state index is -0.527. The van der Waals surface area contributed by atoms with Gasteiger partial charge in [0.2, 0.25) is 11.6 Å². The maximum Gasteiger partial charge on any atom is 0.347 e. The van der Waals surface area contributed by atoms with E-state index >= 15 is 0 Å². The number of rotatable bonds is 7. The third-order valence-electron chi connectivity index (χ3n) is 4.26. The number of benzene rings is 2. The van der Waals surface area contributed by atoms with Crippen molar-refractivity contribution >= 4 is 23.1 Å². The summed E-state index contributed by atoms with van der Waals surface area (Å²) in [6.07, 6.45) is 3.31. The molecule has 152 valence electrons. The molecular weight excluding hydrogens is 378 g/mol. The van der Waals surface area contributed by atoms with Crippen molar-refractivity contribution in [2.45, 2.75) is 0 Å². The molecule has 8 heteroatoms. The number of aromatic nitrogens is 1. The second-order valence-corrected chi connectivity index (χ2v) is 5.86. The number of fused-ring (bicyclic) bond motifs is 1. The Hall–Kier alpha value is -3.68. The first-order valence-corrected chi connectivity index (χ1v) is 8.59. The van der Waals surface area contributed by atoms with Crippen LogP contribution in [-0.2, 0) is 0 Å². The average Bonchev–Trinajstić information content (AvgIpc) is 2.75.